The average molecular weight is 296 g/mol. The molecule has 1 aromatic carbocycles. The Kier molecular flexibility index (Phi) is 2.87. The van der Waals surface area contributed by atoms with Crippen LogP contribution in [0.25, 0.3) is 5.57 Å². The van der Waals surface area contributed by atoms with Gasteiger partial charge in [-0.15, -0.1) is 6.58 Å². The number of hydrogen-bond acceptors (Lipinski definition) is 2. The number of aliphatic hydroxyl groups is 1. The molecule has 22 heavy (non-hydrogen) atoms. The molecule has 1 aromatic rings. The Bertz CT molecular complexity index is 674. The van der Waals surface area contributed by atoms with Gasteiger partial charge in [-0.2, -0.15) is 0 Å². The van der Waals surface area contributed by atoms with Crippen LogP contribution in [0.3, 0.4) is 0 Å². The second-order valence-corrected chi connectivity index (χ2v) is 7.56. The van der Waals surface area contributed by atoms with E-state index in [1.165, 1.54) is 16.7 Å². The van der Waals surface area contributed by atoms with Crippen LogP contribution in [0.2, 0.25) is 0 Å². The molecule has 1 fully saturated rings. The summed E-state index contributed by atoms with van der Waals surface area (Å²) in [5.74, 6) is 0.817. The number of hydrogen-bond donors (Lipinski definition) is 2. The number of fused-ring (bicyclic) bond motifs is 5. The third-order valence-corrected chi connectivity index (χ3v) is 6.71. The number of aryl methyl sites for hydroxylation is 1. The summed E-state index contributed by atoms with van der Waals surface area (Å²) in [7, 11) is 0. The van der Waals surface area contributed by atoms with Gasteiger partial charge < -0.3 is 10.2 Å². The summed E-state index contributed by atoms with van der Waals surface area (Å²) < 4.78 is 0. The summed E-state index contributed by atoms with van der Waals surface area (Å²) in [6.45, 7) is 6.44. The zero-order valence-electron chi connectivity index (χ0n) is 13.2. The van der Waals surface area contributed by atoms with Gasteiger partial charge in [-0.25, -0.2) is 0 Å². The first-order chi connectivity index (χ1) is 10.5. The van der Waals surface area contributed by atoms with Crippen LogP contribution in [-0.4, -0.2) is 16.3 Å². The van der Waals surface area contributed by atoms with Crippen molar-refractivity contribution in [3.05, 3.63) is 48.1 Å². The number of aliphatic hydroxyl groups excluding tert-OH is 1. The van der Waals surface area contributed by atoms with E-state index < -0.39 is 0 Å². The molecule has 4 atom stereocenters. The Morgan fingerprint density at radius 1 is 1.32 bits per heavy atom. The smallest absolute Gasteiger partial charge is 0.115 e. The number of benzene rings is 1. The standard InChI is InChI=1S/C20H24O2/c1-3-20-11-8-13-12-14(21)4-5-15(13)16(20)9-10-19(2)17(20)6-7-18(19)22/h3-5,9,12,17-18,21-22H,1,6-8,10-11H2,2H3/t17-,18+,19+,20-/m1/s1. The summed E-state index contributed by atoms with van der Waals surface area (Å²) >= 11 is 0. The number of phenolic OH excluding ortho intramolecular Hbond substituents is 1. The number of allylic oxidation sites excluding steroid dienone is 3. The van der Waals surface area contributed by atoms with Gasteiger partial charge in [0.25, 0.3) is 0 Å². The Morgan fingerprint density at radius 3 is 2.91 bits per heavy atom. The lowest BCUT2D eigenvalue weighted by Crippen LogP contribution is -2.46. The Hall–Kier alpha value is -1.54. The maximum atomic E-state index is 10.5. The maximum absolute atomic E-state index is 10.5. The summed E-state index contributed by atoms with van der Waals surface area (Å²) in [6.07, 6.45) is 9.20. The average Bonchev–Trinajstić information content (AvgIpc) is 2.82. The van der Waals surface area contributed by atoms with E-state index in [1.54, 1.807) is 6.07 Å². The monoisotopic (exact) mass is 296 g/mol. The fourth-order valence-corrected chi connectivity index (χ4v) is 5.46. The molecule has 0 aliphatic heterocycles. The molecule has 0 unspecified atom stereocenters. The first kappa shape index (κ1) is 14.1. The third kappa shape index (κ3) is 1.59. The first-order valence-corrected chi connectivity index (χ1v) is 8.36. The van der Waals surface area contributed by atoms with E-state index in [0.717, 1.165) is 32.1 Å². The number of rotatable bonds is 1. The van der Waals surface area contributed by atoms with Gasteiger partial charge in [0.2, 0.25) is 0 Å². The summed E-state index contributed by atoms with van der Waals surface area (Å²) in [4.78, 5) is 0. The highest BCUT2D eigenvalue weighted by molar-refractivity contribution is 5.78. The highest BCUT2D eigenvalue weighted by Gasteiger charge is 2.58. The van der Waals surface area contributed by atoms with Crippen molar-refractivity contribution in [3.8, 4) is 5.75 Å². The van der Waals surface area contributed by atoms with Crippen molar-refractivity contribution < 1.29 is 10.2 Å². The molecule has 4 rings (SSSR count). The topological polar surface area (TPSA) is 40.5 Å². The van der Waals surface area contributed by atoms with E-state index in [-0.39, 0.29) is 16.9 Å². The number of aromatic hydroxyl groups is 1. The molecular weight excluding hydrogens is 272 g/mol. The zero-order chi connectivity index (χ0) is 15.5. The van der Waals surface area contributed by atoms with E-state index in [9.17, 15) is 10.2 Å². The summed E-state index contributed by atoms with van der Waals surface area (Å²) in [5.41, 5.74) is 3.85. The van der Waals surface area contributed by atoms with Crippen LogP contribution < -0.4 is 0 Å². The van der Waals surface area contributed by atoms with Crippen LogP contribution in [0.15, 0.2) is 36.9 Å². The quantitative estimate of drug-likeness (QED) is 0.767. The molecule has 1 saturated carbocycles. The lowest BCUT2D eigenvalue weighted by molar-refractivity contribution is 0.00986. The van der Waals surface area contributed by atoms with Gasteiger partial charge in [0.1, 0.15) is 5.75 Å². The Morgan fingerprint density at radius 2 is 2.14 bits per heavy atom. The van der Waals surface area contributed by atoms with E-state index >= 15 is 0 Å². The molecule has 0 spiro atoms. The van der Waals surface area contributed by atoms with Gasteiger partial charge in [0, 0.05) is 10.8 Å². The fraction of sp³-hybridized carbons (Fsp3) is 0.500. The van der Waals surface area contributed by atoms with Crippen LogP contribution in [-0.2, 0) is 6.42 Å². The zero-order valence-corrected chi connectivity index (χ0v) is 13.2. The normalized spacial score (nSPS) is 39.5. The predicted octanol–water partition coefficient (Wildman–Crippen LogP) is 4.08. The maximum Gasteiger partial charge on any atom is 0.115 e. The predicted molar refractivity (Wildman–Crippen MR) is 88.5 cm³/mol. The minimum absolute atomic E-state index is 0.0194. The van der Waals surface area contributed by atoms with E-state index in [0.29, 0.717) is 11.7 Å². The highest BCUT2D eigenvalue weighted by Crippen LogP contribution is 2.65. The van der Waals surface area contributed by atoms with Crippen molar-refractivity contribution in [2.45, 2.75) is 45.1 Å². The van der Waals surface area contributed by atoms with Gasteiger partial charge in [-0.1, -0.05) is 25.1 Å². The molecule has 2 heteroatoms. The Labute approximate surface area is 132 Å². The third-order valence-electron chi connectivity index (χ3n) is 6.71. The minimum Gasteiger partial charge on any atom is -0.508 e. The molecule has 116 valence electrons. The molecule has 0 heterocycles. The van der Waals surface area contributed by atoms with Crippen LogP contribution in [0.4, 0.5) is 0 Å². The highest BCUT2D eigenvalue weighted by atomic mass is 16.3. The molecule has 0 aromatic heterocycles. The van der Waals surface area contributed by atoms with Gasteiger partial charge in [-0.3, -0.25) is 0 Å². The lowest BCUT2D eigenvalue weighted by atomic mass is 9.51. The van der Waals surface area contributed by atoms with E-state index in [1.807, 2.05) is 6.07 Å². The van der Waals surface area contributed by atoms with E-state index in [4.69, 9.17) is 0 Å². The lowest BCUT2D eigenvalue weighted by Gasteiger charge is -2.52. The molecule has 3 aliphatic carbocycles. The summed E-state index contributed by atoms with van der Waals surface area (Å²) in [5, 5.41) is 20.3. The van der Waals surface area contributed by atoms with Crippen molar-refractivity contribution >= 4 is 5.57 Å². The largest absolute Gasteiger partial charge is 0.508 e. The molecule has 2 nitrogen and oxygen atoms in total. The van der Waals surface area contributed by atoms with Crippen molar-refractivity contribution in [3.63, 3.8) is 0 Å². The molecule has 0 saturated heterocycles. The van der Waals surface area contributed by atoms with Crippen LogP contribution in [0.5, 0.6) is 5.75 Å². The second kappa shape index (κ2) is 4.48. The van der Waals surface area contributed by atoms with Gasteiger partial charge in [-0.05, 0) is 66.9 Å². The SMILES string of the molecule is C=C[C@@]12CCc3cc(O)ccc3C1=CC[C@@]1(C)[C@H]2CC[C@@H]1O. The molecular formula is C20H24O2. The Balaban J connectivity index is 1.90. The molecule has 3 aliphatic rings. The fourth-order valence-electron chi connectivity index (χ4n) is 5.46. The van der Waals surface area contributed by atoms with Crippen molar-refractivity contribution in [1.29, 1.82) is 0 Å². The van der Waals surface area contributed by atoms with Crippen LogP contribution >= 0.6 is 0 Å². The molecule has 0 amide bonds. The molecule has 2 N–H and O–H groups in total. The van der Waals surface area contributed by atoms with Crippen LogP contribution in [0, 0.1) is 16.7 Å². The first-order valence-electron chi connectivity index (χ1n) is 8.36. The summed E-state index contributed by atoms with van der Waals surface area (Å²) in [6, 6.07) is 5.75. The second-order valence-electron chi connectivity index (χ2n) is 7.56. The van der Waals surface area contributed by atoms with Gasteiger partial charge >= 0.3 is 0 Å². The minimum atomic E-state index is -0.201. The van der Waals surface area contributed by atoms with Crippen molar-refractivity contribution in [2.75, 3.05) is 0 Å². The van der Waals surface area contributed by atoms with Crippen molar-refractivity contribution in [2.24, 2.45) is 16.7 Å². The number of phenols is 1. The van der Waals surface area contributed by atoms with E-state index in [2.05, 4.69) is 31.7 Å². The van der Waals surface area contributed by atoms with Crippen LogP contribution in [0.1, 0.15) is 43.7 Å². The molecule has 0 bridgehead atoms. The van der Waals surface area contributed by atoms with Gasteiger partial charge in [0.05, 0.1) is 6.10 Å². The van der Waals surface area contributed by atoms with Crippen molar-refractivity contribution in [1.82, 2.24) is 0 Å². The van der Waals surface area contributed by atoms with Gasteiger partial charge in [0.15, 0.2) is 0 Å². The molecule has 0 radical (unpaired) electrons.